The lowest BCUT2D eigenvalue weighted by Crippen LogP contribution is -2.33. The van der Waals surface area contributed by atoms with Gasteiger partial charge in [-0.1, -0.05) is 13.8 Å². The Bertz CT molecular complexity index is 753. The summed E-state index contributed by atoms with van der Waals surface area (Å²) in [7, 11) is 0. The average molecular weight is 307 g/mol. The van der Waals surface area contributed by atoms with Gasteiger partial charge in [0.2, 0.25) is 0 Å². The molecular weight excluding hydrogens is 290 g/mol. The summed E-state index contributed by atoms with van der Waals surface area (Å²) in [5, 5.41) is 2.01. The number of carbonyl (C=O) groups excluding carboxylic acids is 1. The lowest BCUT2D eigenvalue weighted by molar-refractivity contribution is 0.0750. The van der Waals surface area contributed by atoms with Crippen LogP contribution in [0.15, 0.2) is 17.6 Å². The van der Waals surface area contributed by atoms with Crippen LogP contribution in [0, 0.1) is 5.92 Å². The van der Waals surface area contributed by atoms with E-state index in [1.807, 2.05) is 33.9 Å². The number of aromatic nitrogens is 2. The molecule has 1 amide bonds. The van der Waals surface area contributed by atoms with Crippen LogP contribution in [0.25, 0.3) is 15.3 Å². The third kappa shape index (κ3) is 2.23. The molecule has 0 radical (unpaired) electrons. The van der Waals surface area contributed by atoms with Crippen molar-refractivity contribution < 1.29 is 4.79 Å². The highest BCUT2D eigenvalue weighted by atomic mass is 32.1. The molecule has 0 unspecified atom stereocenters. The van der Waals surface area contributed by atoms with Crippen molar-refractivity contribution in [2.75, 3.05) is 13.1 Å². The largest absolute Gasteiger partial charge is 0.338 e. The molecule has 0 bridgehead atoms. The highest BCUT2D eigenvalue weighted by Gasteiger charge is 2.20. The normalized spacial score (nSPS) is 11.8. The van der Waals surface area contributed by atoms with Gasteiger partial charge in [-0.25, -0.2) is 4.98 Å². The maximum Gasteiger partial charge on any atom is 0.264 e. The molecule has 0 atom stereocenters. The first-order chi connectivity index (χ1) is 9.60. The summed E-state index contributed by atoms with van der Waals surface area (Å²) in [4.78, 5) is 21.7. The first kappa shape index (κ1) is 13.6. The van der Waals surface area contributed by atoms with E-state index in [0.717, 1.165) is 33.3 Å². The number of thiazole rings is 1. The molecule has 0 aromatic carbocycles. The molecule has 6 heteroatoms. The Morgan fingerprint density at radius 2 is 2.30 bits per heavy atom. The molecule has 0 N–H and O–H groups in total. The monoisotopic (exact) mass is 307 g/mol. The van der Waals surface area contributed by atoms with Gasteiger partial charge in [-0.3, -0.25) is 9.20 Å². The second-order valence-corrected chi connectivity index (χ2v) is 7.11. The molecule has 3 aromatic rings. The van der Waals surface area contributed by atoms with Crippen LogP contribution in [0.5, 0.6) is 0 Å². The maximum absolute atomic E-state index is 12.6. The predicted octanol–water partition coefficient (Wildman–Crippen LogP) is 3.73. The van der Waals surface area contributed by atoms with Crippen LogP contribution in [0.2, 0.25) is 0 Å². The molecule has 0 aliphatic carbocycles. The lowest BCUT2D eigenvalue weighted by atomic mass is 10.2. The Hall–Kier alpha value is -1.40. The maximum atomic E-state index is 12.6. The highest BCUT2D eigenvalue weighted by Crippen LogP contribution is 2.29. The molecule has 3 aromatic heterocycles. The summed E-state index contributed by atoms with van der Waals surface area (Å²) >= 11 is 3.10. The number of rotatable bonds is 4. The number of hydrogen-bond donors (Lipinski definition) is 0. The third-order valence-electron chi connectivity index (χ3n) is 3.21. The second-order valence-electron chi connectivity index (χ2n) is 5.21. The minimum atomic E-state index is 0.119. The van der Waals surface area contributed by atoms with E-state index in [4.69, 9.17) is 0 Å². The summed E-state index contributed by atoms with van der Waals surface area (Å²) in [5.41, 5.74) is 1.04. The molecule has 0 aliphatic rings. The fourth-order valence-corrected chi connectivity index (χ4v) is 4.07. The van der Waals surface area contributed by atoms with E-state index in [1.165, 1.54) is 11.3 Å². The van der Waals surface area contributed by atoms with E-state index in [9.17, 15) is 4.79 Å². The molecule has 0 saturated carbocycles. The molecule has 3 rings (SSSR count). The van der Waals surface area contributed by atoms with E-state index >= 15 is 0 Å². The quantitative estimate of drug-likeness (QED) is 0.736. The Kier molecular flexibility index (Phi) is 3.52. The van der Waals surface area contributed by atoms with Gasteiger partial charge in [-0.15, -0.1) is 22.7 Å². The standard InChI is InChI=1S/C14H17N3OS2/c1-4-16(8-9(2)3)13(18)11-7-10-12(20-11)15-14-17(10)5-6-19-14/h5-7,9H,4,8H2,1-3H3. The van der Waals surface area contributed by atoms with Crippen LogP contribution in [-0.2, 0) is 0 Å². The number of nitrogens with zero attached hydrogens (tertiary/aromatic N) is 3. The summed E-state index contributed by atoms with van der Waals surface area (Å²) < 4.78 is 2.05. The minimum Gasteiger partial charge on any atom is -0.338 e. The van der Waals surface area contributed by atoms with Crippen LogP contribution >= 0.6 is 22.7 Å². The van der Waals surface area contributed by atoms with Crippen LogP contribution in [0.3, 0.4) is 0 Å². The van der Waals surface area contributed by atoms with Crippen molar-refractivity contribution in [1.82, 2.24) is 14.3 Å². The first-order valence-electron chi connectivity index (χ1n) is 6.74. The number of carbonyl (C=O) groups is 1. The van der Waals surface area contributed by atoms with Gasteiger partial charge in [0.25, 0.3) is 5.91 Å². The number of fused-ring (bicyclic) bond motifs is 3. The van der Waals surface area contributed by atoms with E-state index in [-0.39, 0.29) is 5.91 Å². The number of thiophene rings is 1. The first-order valence-corrected chi connectivity index (χ1v) is 8.44. The minimum absolute atomic E-state index is 0.119. The third-order valence-corrected chi connectivity index (χ3v) is 4.97. The fourth-order valence-electron chi connectivity index (χ4n) is 2.31. The summed E-state index contributed by atoms with van der Waals surface area (Å²) in [6.07, 6.45) is 2.00. The van der Waals surface area contributed by atoms with Gasteiger partial charge in [0.15, 0.2) is 4.96 Å². The average Bonchev–Trinajstić information content (AvgIpc) is 3.05. The van der Waals surface area contributed by atoms with Crippen molar-refractivity contribution in [1.29, 1.82) is 0 Å². The van der Waals surface area contributed by atoms with Crippen LogP contribution in [0.4, 0.5) is 0 Å². The van der Waals surface area contributed by atoms with Crippen molar-refractivity contribution >= 4 is 43.9 Å². The molecule has 4 nitrogen and oxygen atoms in total. The number of hydrogen-bond acceptors (Lipinski definition) is 4. The summed E-state index contributed by atoms with van der Waals surface area (Å²) in [6, 6.07) is 1.97. The Balaban J connectivity index is 1.96. The number of imidazole rings is 1. The van der Waals surface area contributed by atoms with E-state index in [0.29, 0.717) is 5.92 Å². The molecule has 0 aliphatic heterocycles. The Labute approximate surface area is 125 Å². The van der Waals surface area contributed by atoms with E-state index < -0.39 is 0 Å². The van der Waals surface area contributed by atoms with Crippen LogP contribution in [0.1, 0.15) is 30.4 Å². The Morgan fingerprint density at radius 3 is 3.00 bits per heavy atom. The second kappa shape index (κ2) is 5.18. The molecule has 0 fully saturated rings. The van der Waals surface area contributed by atoms with Gasteiger partial charge in [0, 0.05) is 24.7 Å². The van der Waals surface area contributed by atoms with E-state index in [1.54, 1.807) is 11.3 Å². The van der Waals surface area contributed by atoms with Gasteiger partial charge in [-0.05, 0) is 18.9 Å². The van der Waals surface area contributed by atoms with Crippen LogP contribution < -0.4 is 0 Å². The van der Waals surface area contributed by atoms with Crippen molar-refractivity contribution in [3.8, 4) is 0 Å². The summed E-state index contributed by atoms with van der Waals surface area (Å²) in [5.74, 6) is 0.599. The van der Waals surface area contributed by atoms with Gasteiger partial charge in [-0.2, -0.15) is 0 Å². The van der Waals surface area contributed by atoms with Crippen molar-refractivity contribution in [3.05, 3.63) is 22.5 Å². The zero-order chi connectivity index (χ0) is 14.3. The molecular formula is C14H17N3OS2. The predicted molar refractivity (Wildman–Crippen MR) is 84.9 cm³/mol. The van der Waals surface area contributed by atoms with Gasteiger partial charge in [0.05, 0.1) is 10.4 Å². The zero-order valence-electron chi connectivity index (χ0n) is 11.8. The smallest absolute Gasteiger partial charge is 0.264 e. The number of amides is 1. The zero-order valence-corrected chi connectivity index (χ0v) is 13.4. The van der Waals surface area contributed by atoms with Gasteiger partial charge < -0.3 is 4.90 Å². The molecule has 0 spiro atoms. The van der Waals surface area contributed by atoms with Crippen molar-refractivity contribution in [2.24, 2.45) is 5.92 Å². The molecule has 106 valence electrons. The molecule has 20 heavy (non-hydrogen) atoms. The Morgan fingerprint density at radius 1 is 1.50 bits per heavy atom. The molecule has 0 saturated heterocycles. The van der Waals surface area contributed by atoms with E-state index in [2.05, 4.69) is 18.8 Å². The van der Waals surface area contributed by atoms with Gasteiger partial charge >= 0.3 is 0 Å². The van der Waals surface area contributed by atoms with Gasteiger partial charge in [0.1, 0.15) is 4.83 Å². The summed E-state index contributed by atoms with van der Waals surface area (Å²) in [6.45, 7) is 7.83. The highest BCUT2D eigenvalue weighted by molar-refractivity contribution is 7.21. The van der Waals surface area contributed by atoms with Crippen LogP contribution in [-0.4, -0.2) is 33.3 Å². The SMILES string of the molecule is CCN(CC(C)C)C(=O)c1cc2c(nc3sccn32)s1. The topological polar surface area (TPSA) is 37.6 Å². The fraction of sp³-hybridized carbons (Fsp3) is 0.429. The molecule has 3 heterocycles. The van der Waals surface area contributed by atoms with Crippen molar-refractivity contribution in [3.63, 3.8) is 0 Å². The van der Waals surface area contributed by atoms with Crippen molar-refractivity contribution in [2.45, 2.75) is 20.8 Å². The lowest BCUT2D eigenvalue weighted by Gasteiger charge is -2.22.